The second kappa shape index (κ2) is 5.69. The van der Waals surface area contributed by atoms with Crippen LogP contribution in [0.5, 0.6) is 5.75 Å². The molecule has 0 fully saturated rings. The number of ether oxygens (including phenoxy) is 1. The van der Waals surface area contributed by atoms with Crippen LogP contribution in [0.3, 0.4) is 0 Å². The number of hydrogen-bond donors (Lipinski definition) is 1. The van der Waals surface area contributed by atoms with Crippen LogP contribution in [-0.4, -0.2) is 28.2 Å². The fraction of sp³-hybridized carbons (Fsp3) is 0.267. The number of benzene rings is 1. The van der Waals surface area contributed by atoms with E-state index in [0.29, 0.717) is 17.9 Å². The summed E-state index contributed by atoms with van der Waals surface area (Å²) in [4.78, 5) is 19.3. The van der Waals surface area contributed by atoms with Gasteiger partial charge in [-0.2, -0.15) is 0 Å². The summed E-state index contributed by atoms with van der Waals surface area (Å²) in [7, 11) is 1.62. The molecule has 0 unspecified atom stereocenters. The third-order valence-corrected chi connectivity index (χ3v) is 3.04. The molecule has 20 heavy (non-hydrogen) atoms. The Balaban J connectivity index is 2.33. The molecule has 0 aliphatic carbocycles. The zero-order valence-corrected chi connectivity index (χ0v) is 11.7. The minimum atomic E-state index is -1.01. The van der Waals surface area contributed by atoms with Crippen LogP contribution in [0.4, 0.5) is 0 Å². The fourth-order valence-electron chi connectivity index (χ4n) is 2.03. The van der Waals surface area contributed by atoms with E-state index in [2.05, 4.69) is 9.97 Å². The lowest BCUT2D eigenvalue weighted by atomic mass is 10.1. The van der Waals surface area contributed by atoms with Crippen molar-refractivity contribution in [3.05, 3.63) is 52.6 Å². The first-order valence-electron chi connectivity index (χ1n) is 6.20. The first-order valence-corrected chi connectivity index (χ1v) is 6.20. The summed E-state index contributed by atoms with van der Waals surface area (Å²) in [5.74, 6) is 0.345. The molecule has 104 valence electrons. The Morgan fingerprint density at radius 1 is 1.35 bits per heavy atom. The lowest BCUT2D eigenvalue weighted by Gasteiger charge is -2.09. The van der Waals surface area contributed by atoms with Crippen LogP contribution in [0.25, 0.3) is 0 Å². The number of hydrogen-bond acceptors (Lipinski definition) is 4. The van der Waals surface area contributed by atoms with Crippen molar-refractivity contribution in [1.29, 1.82) is 0 Å². The monoisotopic (exact) mass is 272 g/mol. The molecule has 1 aromatic carbocycles. The molecule has 1 aromatic heterocycles. The SMILES string of the molecule is COc1ccc(C)cc1Cc1ncc(C(=O)O)c(C)n1. The van der Waals surface area contributed by atoms with Gasteiger partial charge in [0.15, 0.2) is 0 Å². The highest BCUT2D eigenvalue weighted by atomic mass is 16.5. The first kappa shape index (κ1) is 14.0. The minimum absolute atomic E-state index is 0.130. The third kappa shape index (κ3) is 2.93. The summed E-state index contributed by atoms with van der Waals surface area (Å²) in [5, 5.41) is 8.96. The number of aryl methyl sites for hydroxylation is 2. The second-order valence-corrected chi connectivity index (χ2v) is 4.58. The Labute approximate surface area is 117 Å². The van der Waals surface area contributed by atoms with Gasteiger partial charge >= 0.3 is 5.97 Å². The molecule has 0 radical (unpaired) electrons. The molecule has 0 amide bonds. The summed E-state index contributed by atoms with van der Waals surface area (Å²) in [6, 6.07) is 5.90. The van der Waals surface area contributed by atoms with E-state index in [1.807, 2.05) is 25.1 Å². The van der Waals surface area contributed by atoms with Crippen molar-refractivity contribution in [2.45, 2.75) is 20.3 Å². The van der Waals surface area contributed by atoms with Gasteiger partial charge < -0.3 is 9.84 Å². The lowest BCUT2D eigenvalue weighted by Crippen LogP contribution is -2.07. The fourth-order valence-corrected chi connectivity index (χ4v) is 2.03. The smallest absolute Gasteiger partial charge is 0.339 e. The first-order chi connectivity index (χ1) is 9.51. The zero-order valence-electron chi connectivity index (χ0n) is 11.7. The predicted octanol–water partition coefficient (Wildman–Crippen LogP) is 2.39. The average Bonchev–Trinajstić information content (AvgIpc) is 2.38. The molecule has 0 atom stereocenters. The van der Waals surface area contributed by atoms with E-state index < -0.39 is 5.97 Å². The van der Waals surface area contributed by atoms with E-state index in [1.165, 1.54) is 6.20 Å². The molecular weight excluding hydrogens is 256 g/mol. The molecule has 1 N–H and O–H groups in total. The Bertz CT molecular complexity index is 654. The molecule has 5 heteroatoms. The van der Waals surface area contributed by atoms with Crippen molar-refractivity contribution >= 4 is 5.97 Å². The lowest BCUT2D eigenvalue weighted by molar-refractivity contribution is 0.0695. The Morgan fingerprint density at radius 3 is 2.70 bits per heavy atom. The van der Waals surface area contributed by atoms with Crippen molar-refractivity contribution in [3.8, 4) is 5.75 Å². The summed E-state index contributed by atoms with van der Waals surface area (Å²) in [6.07, 6.45) is 1.86. The zero-order chi connectivity index (χ0) is 14.7. The maximum atomic E-state index is 10.9. The van der Waals surface area contributed by atoms with Crippen molar-refractivity contribution in [2.24, 2.45) is 0 Å². The Hall–Kier alpha value is -2.43. The summed E-state index contributed by atoms with van der Waals surface area (Å²) in [6.45, 7) is 3.67. The topological polar surface area (TPSA) is 72.3 Å². The van der Waals surface area contributed by atoms with Crippen LogP contribution in [0.15, 0.2) is 24.4 Å². The van der Waals surface area contributed by atoms with Crippen LogP contribution in [-0.2, 0) is 6.42 Å². The van der Waals surface area contributed by atoms with Gasteiger partial charge in [0.2, 0.25) is 0 Å². The van der Waals surface area contributed by atoms with Gasteiger partial charge in [-0.3, -0.25) is 0 Å². The van der Waals surface area contributed by atoms with Crippen LogP contribution in [0, 0.1) is 13.8 Å². The van der Waals surface area contributed by atoms with Crippen molar-refractivity contribution in [1.82, 2.24) is 9.97 Å². The summed E-state index contributed by atoms with van der Waals surface area (Å²) < 4.78 is 5.32. The number of carboxylic acid groups (broad SMARTS) is 1. The normalized spacial score (nSPS) is 10.3. The van der Waals surface area contributed by atoms with Gasteiger partial charge in [0, 0.05) is 18.2 Å². The van der Waals surface area contributed by atoms with Gasteiger partial charge in [0.05, 0.1) is 18.4 Å². The molecule has 0 saturated heterocycles. The molecule has 0 saturated carbocycles. The van der Waals surface area contributed by atoms with Gasteiger partial charge in [-0.15, -0.1) is 0 Å². The predicted molar refractivity (Wildman–Crippen MR) is 74.3 cm³/mol. The van der Waals surface area contributed by atoms with E-state index in [-0.39, 0.29) is 5.56 Å². The highest BCUT2D eigenvalue weighted by molar-refractivity contribution is 5.88. The second-order valence-electron chi connectivity index (χ2n) is 4.58. The summed E-state index contributed by atoms with van der Waals surface area (Å²) >= 11 is 0. The molecule has 2 aromatic rings. The number of rotatable bonds is 4. The molecule has 2 rings (SSSR count). The van der Waals surface area contributed by atoms with Gasteiger partial charge in [-0.1, -0.05) is 17.7 Å². The highest BCUT2D eigenvalue weighted by Gasteiger charge is 2.12. The number of aromatic nitrogens is 2. The van der Waals surface area contributed by atoms with Gasteiger partial charge in [-0.25, -0.2) is 14.8 Å². The van der Waals surface area contributed by atoms with Gasteiger partial charge in [0.25, 0.3) is 0 Å². The maximum Gasteiger partial charge on any atom is 0.339 e. The average molecular weight is 272 g/mol. The highest BCUT2D eigenvalue weighted by Crippen LogP contribution is 2.22. The molecular formula is C15H16N2O3. The van der Waals surface area contributed by atoms with E-state index in [4.69, 9.17) is 9.84 Å². The van der Waals surface area contributed by atoms with E-state index in [0.717, 1.165) is 16.9 Å². The molecule has 0 aliphatic heterocycles. The van der Waals surface area contributed by atoms with Gasteiger partial charge in [0.1, 0.15) is 11.6 Å². The maximum absolute atomic E-state index is 10.9. The van der Waals surface area contributed by atoms with Gasteiger partial charge in [-0.05, 0) is 19.9 Å². The molecule has 5 nitrogen and oxygen atoms in total. The van der Waals surface area contributed by atoms with E-state index >= 15 is 0 Å². The largest absolute Gasteiger partial charge is 0.496 e. The molecule has 0 aliphatic rings. The Morgan fingerprint density at radius 2 is 2.10 bits per heavy atom. The van der Waals surface area contributed by atoms with E-state index in [9.17, 15) is 4.79 Å². The number of carboxylic acids is 1. The Kier molecular flexibility index (Phi) is 3.98. The van der Waals surface area contributed by atoms with Crippen LogP contribution >= 0.6 is 0 Å². The van der Waals surface area contributed by atoms with E-state index in [1.54, 1.807) is 14.0 Å². The quantitative estimate of drug-likeness (QED) is 0.925. The van der Waals surface area contributed by atoms with Crippen LogP contribution in [0.1, 0.15) is 33.0 Å². The summed E-state index contributed by atoms with van der Waals surface area (Å²) in [5.41, 5.74) is 2.70. The van der Waals surface area contributed by atoms with Crippen molar-refractivity contribution < 1.29 is 14.6 Å². The third-order valence-electron chi connectivity index (χ3n) is 3.04. The number of aromatic carboxylic acids is 1. The molecule has 1 heterocycles. The van der Waals surface area contributed by atoms with Crippen molar-refractivity contribution in [3.63, 3.8) is 0 Å². The van der Waals surface area contributed by atoms with Crippen molar-refractivity contribution in [2.75, 3.05) is 7.11 Å². The van der Waals surface area contributed by atoms with Crippen LogP contribution < -0.4 is 4.74 Å². The molecule has 0 bridgehead atoms. The van der Waals surface area contributed by atoms with Crippen LogP contribution in [0.2, 0.25) is 0 Å². The number of methoxy groups -OCH3 is 1. The standard InChI is InChI=1S/C15H16N2O3/c1-9-4-5-13(20-3)11(6-9)7-14-16-8-12(15(18)19)10(2)17-14/h4-6,8H,7H2,1-3H3,(H,18,19). The number of nitrogens with zero attached hydrogens (tertiary/aromatic N) is 2. The number of carbonyl (C=O) groups is 1. The minimum Gasteiger partial charge on any atom is -0.496 e. The molecule has 0 spiro atoms.